The maximum Gasteiger partial charge on any atom is 0.166 e. The average Bonchev–Trinajstić information content (AvgIpc) is 3.06. The number of pyridine rings is 1. The summed E-state index contributed by atoms with van der Waals surface area (Å²) < 4.78 is 32.5. The molecular weight excluding hydrogens is 462 g/mol. The van der Waals surface area contributed by atoms with E-state index >= 15 is 0 Å². The fourth-order valence-electron chi connectivity index (χ4n) is 3.74. The molecule has 10 heteroatoms. The number of benzene rings is 1. The zero-order chi connectivity index (χ0) is 23.6. The predicted octanol–water partition coefficient (Wildman–Crippen LogP) is 4.09. The van der Waals surface area contributed by atoms with Gasteiger partial charge in [-0.05, 0) is 24.6 Å². The summed E-state index contributed by atoms with van der Waals surface area (Å²) in [5.74, 6) is 0. The van der Waals surface area contributed by atoms with Crippen molar-refractivity contribution in [2.75, 3.05) is 5.32 Å². The quantitative estimate of drug-likeness (QED) is 0.296. The van der Waals surface area contributed by atoms with Gasteiger partial charge in [0.1, 0.15) is 15.1 Å². The molecule has 8 nitrogen and oxygen atoms in total. The third kappa shape index (κ3) is 5.29. The normalized spacial score (nSPS) is 21.8. The SMILES string of the molecule is C[C@@H](OCc1ccccc1)[C@H]1C=Cc2c(cn(C)c2C(O)Nc2ccnc(Cl)c2)S(=N)(=O)N1. The molecule has 0 fully saturated rings. The fraction of sp³-hybridized carbons (Fsp3) is 0.261. The highest BCUT2D eigenvalue weighted by Gasteiger charge is 2.30. The van der Waals surface area contributed by atoms with E-state index in [1.165, 1.54) is 6.20 Å². The summed E-state index contributed by atoms with van der Waals surface area (Å²) in [6.45, 7) is 2.28. The number of aryl methyl sites for hydroxylation is 1. The van der Waals surface area contributed by atoms with Crippen molar-refractivity contribution in [3.63, 3.8) is 0 Å². The van der Waals surface area contributed by atoms with Gasteiger partial charge in [0.2, 0.25) is 0 Å². The molecule has 4 atom stereocenters. The van der Waals surface area contributed by atoms with Crippen LogP contribution in [0.2, 0.25) is 5.15 Å². The van der Waals surface area contributed by atoms with Crippen LogP contribution in [0.15, 0.2) is 65.8 Å². The first kappa shape index (κ1) is 23.5. The minimum absolute atomic E-state index is 0.295. The van der Waals surface area contributed by atoms with Crippen molar-refractivity contribution in [2.45, 2.75) is 36.8 Å². The van der Waals surface area contributed by atoms with Crippen molar-refractivity contribution in [3.8, 4) is 0 Å². The third-order valence-corrected chi connectivity index (χ3v) is 7.22. The molecule has 0 radical (unpaired) electrons. The Morgan fingerprint density at radius 3 is 2.85 bits per heavy atom. The van der Waals surface area contributed by atoms with Crippen LogP contribution < -0.4 is 10.0 Å². The number of ether oxygens (including phenoxy) is 1. The van der Waals surface area contributed by atoms with Gasteiger partial charge in [-0.3, -0.25) is 0 Å². The van der Waals surface area contributed by atoms with Gasteiger partial charge >= 0.3 is 0 Å². The molecule has 0 bridgehead atoms. The van der Waals surface area contributed by atoms with Gasteiger partial charge in [-0.2, -0.15) is 0 Å². The topological polar surface area (TPSA) is 112 Å². The molecule has 2 unspecified atom stereocenters. The molecule has 4 N–H and O–H groups in total. The van der Waals surface area contributed by atoms with Gasteiger partial charge in [0, 0.05) is 30.7 Å². The van der Waals surface area contributed by atoms with E-state index < -0.39 is 22.2 Å². The lowest BCUT2D eigenvalue weighted by molar-refractivity contribution is 0.0425. The van der Waals surface area contributed by atoms with Crippen LogP contribution in [0.3, 0.4) is 0 Å². The van der Waals surface area contributed by atoms with Crippen LogP contribution in [0.5, 0.6) is 0 Å². The number of fused-ring (bicyclic) bond motifs is 1. The van der Waals surface area contributed by atoms with E-state index in [1.54, 1.807) is 36.0 Å². The highest BCUT2D eigenvalue weighted by molar-refractivity contribution is 7.90. The maximum absolute atomic E-state index is 13.3. The summed E-state index contributed by atoms with van der Waals surface area (Å²) in [7, 11) is -1.62. The van der Waals surface area contributed by atoms with Crippen LogP contribution in [0.4, 0.5) is 5.69 Å². The van der Waals surface area contributed by atoms with Crippen molar-refractivity contribution in [2.24, 2.45) is 7.05 Å². The van der Waals surface area contributed by atoms with Crippen LogP contribution in [-0.4, -0.2) is 31.0 Å². The van der Waals surface area contributed by atoms with Gasteiger partial charge < -0.3 is 19.7 Å². The Morgan fingerprint density at radius 1 is 1.36 bits per heavy atom. The number of nitrogens with one attached hydrogen (secondary N) is 3. The molecule has 2 aromatic heterocycles. The Kier molecular flexibility index (Phi) is 6.87. The number of rotatable bonds is 7. The van der Waals surface area contributed by atoms with Gasteiger partial charge in [0.15, 0.2) is 6.23 Å². The van der Waals surface area contributed by atoms with E-state index in [0.717, 1.165) is 5.56 Å². The van der Waals surface area contributed by atoms with Crippen molar-refractivity contribution in [1.82, 2.24) is 14.3 Å². The van der Waals surface area contributed by atoms with Crippen molar-refractivity contribution < 1.29 is 14.1 Å². The molecule has 0 amide bonds. The van der Waals surface area contributed by atoms with E-state index in [2.05, 4.69) is 15.0 Å². The Bertz CT molecular complexity index is 1260. The van der Waals surface area contributed by atoms with Crippen molar-refractivity contribution in [1.29, 1.82) is 4.78 Å². The largest absolute Gasteiger partial charge is 0.372 e. The fourth-order valence-corrected chi connectivity index (χ4v) is 5.48. The predicted molar refractivity (Wildman–Crippen MR) is 129 cm³/mol. The standard InChI is InChI=1S/C23H26ClN5O3S/c1-15(32-14-16-6-4-3-5-7-16)19-9-8-18-20(33(25,31)28-19)13-29(2)22(18)23(30)27-17-10-11-26-21(24)12-17/h3-13,15,19,23,30H,14H2,1-2H3,(H,26,27)(H2,25,28,31)/t15-,19-,23?,33?/m1/s1. The van der Waals surface area contributed by atoms with E-state index in [4.69, 9.17) is 21.1 Å². The molecule has 0 saturated carbocycles. The van der Waals surface area contributed by atoms with Gasteiger partial charge in [0.25, 0.3) is 0 Å². The van der Waals surface area contributed by atoms with E-state index in [0.29, 0.717) is 33.6 Å². The summed E-state index contributed by atoms with van der Waals surface area (Å²) in [5, 5.41) is 14.2. The Balaban J connectivity index is 1.58. The molecule has 33 heavy (non-hydrogen) atoms. The highest BCUT2D eigenvalue weighted by atomic mass is 35.5. The molecule has 1 aliphatic rings. The van der Waals surface area contributed by atoms with E-state index in [9.17, 15) is 9.32 Å². The number of aliphatic hydroxyl groups excluding tert-OH is 1. The number of anilines is 1. The minimum Gasteiger partial charge on any atom is -0.372 e. The van der Waals surface area contributed by atoms with Gasteiger partial charge in [-0.25, -0.2) is 18.7 Å². The first-order valence-electron chi connectivity index (χ1n) is 10.4. The molecule has 174 valence electrons. The molecule has 1 aromatic carbocycles. The van der Waals surface area contributed by atoms with Crippen LogP contribution >= 0.6 is 11.6 Å². The molecule has 0 aliphatic carbocycles. The Hall–Kier alpha value is -2.69. The molecule has 0 saturated heterocycles. The van der Waals surface area contributed by atoms with Crippen LogP contribution in [0.1, 0.15) is 30.0 Å². The zero-order valence-electron chi connectivity index (χ0n) is 18.2. The van der Waals surface area contributed by atoms with E-state index in [-0.39, 0.29) is 6.10 Å². The monoisotopic (exact) mass is 487 g/mol. The smallest absolute Gasteiger partial charge is 0.166 e. The Morgan fingerprint density at radius 2 is 2.12 bits per heavy atom. The first-order valence-corrected chi connectivity index (χ1v) is 12.3. The number of halogens is 1. The summed E-state index contributed by atoms with van der Waals surface area (Å²) >= 11 is 5.94. The average molecular weight is 488 g/mol. The number of aromatic nitrogens is 2. The molecule has 3 aromatic rings. The van der Waals surface area contributed by atoms with Gasteiger partial charge in [-0.1, -0.05) is 54.1 Å². The van der Waals surface area contributed by atoms with Crippen molar-refractivity contribution in [3.05, 3.63) is 82.9 Å². The first-order chi connectivity index (χ1) is 15.7. The summed E-state index contributed by atoms with van der Waals surface area (Å²) in [5.41, 5.74) is 2.63. The molecule has 3 heterocycles. The number of nitrogens with zero attached hydrogens (tertiary/aromatic N) is 2. The maximum atomic E-state index is 13.3. The second-order valence-electron chi connectivity index (χ2n) is 7.88. The van der Waals surface area contributed by atoms with Crippen molar-refractivity contribution >= 4 is 33.3 Å². The van der Waals surface area contributed by atoms with Crippen LogP contribution in [-0.2, 0) is 28.3 Å². The second kappa shape index (κ2) is 9.66. The van der Waals surface area contributed by atoms with Crippen LogP contribution in [0, 0.1) is 4.78 Å². The summed E-state index contributed by atoms with van der Waals surface area (Å²) in [4.78, 5) is 4.24. The molecule has 1 aliphatic heterocycles. The second-order valence-corrected chi connectivity index (χ2v) is 10.1. The Labute approximate surface area is 198 Å². The van der Waals surface area contributed by atoms with Gasteiger partial charge in [-0.15, -0.1) is 0 Å². The minimum atomic E-state index is -3.35. The lowest BCUT2D eigenvalue weighted by Gasteiger charge is -2.22. The van der Waals surface area contributed by atoms with Crippen LogP contribution in [0.25, 0.3) is 6.08 Å². The zero-order valence-corrected chi connectivity index (χ0v) is 19.8. The molecular formula is C23H26ClN5O3S. The summed E-state index contributed by atoms with van der Waals surface area (Å²) in [6, 6.07) is 12.6. The lowest BCUT2D eigenvalue weighted by Crippen LogP contribution is -2.40. The van der Waals surface area contributed by atoms with Gasteiger partial charge in [0.05, 0.1) is 29.3 Å². The summed E-state index contributed by atoms with van der Waals surface area (Å²) in [6.07, 6.45) is 5.30. The molecule has 4 rings (SSSR count). The molecule has 0 spiro atoms. The number of hydrogen-bond acceptors (Lipinski definition) is 6. The highest BCUT2D eigenvalue weighted by Crippen LogP contribution is 2.32. The van der Waals surface area contributed by atoms with E-state index in [1.807, 2.05) is 43.3 Å². The third-order valence-electron chi connectivity index (χ3n) is 5.46. The lowest BCUT2D eigenvalue weighted by atomic mass is 10.1. The number of hydrogen-bond donors (Lipinski definition) is 4. The number of aliphatic hydroxyl groups is 1.